The third-order valence-corrected chi connectivity index (χ3v) is 5.75. The number of carbonyl (C=O) groups is 2. The van der Waals surface area contributed by atoms with E-state index in [1.165, 1.54) is 19.3 Å². The Balaban J connectivity index is 1.65. The first-order valence-electron chi connectivity index (χ1n) is 9.88. The number of ether oxygens (including phenoxy) is 1. The van der Waals surface area contributed by atoms with Gasteiger partial charge in [-0.05, 0) is 55.7 Å². The maximum atomic E-state index is 13.0. The third-order valence-electron chi connectivity index (χ3n) is 5.75. The third kappa shape index (κ3) is 4.57. The van der Waals surface area contributed by atoms with Gasteiger partial charge in [0.2, 0.25) is 11.8 Å². The minimum Gasteiger partial charge on any atom is -0.497 e. The van der Waals surface area contributed by atoms with Crippen LogP contribution in [-0.4, -0.2) is 43.5 Å². The second-order valence-electron chi connectivity index (χ2n) is 7.45. The number of methoxy groups -OCH3 is 1. The van der Waals surface area contributed by atoms with Crippen molar-refractivity contribution in [3.63, 3.8) is 0 Å². The number of hydrogen-bond acceptors (Lipinski definition) is 3. The number of piperidine rings is 1. The number of nitrogens with zero attached hydrogens (tertiary/aromatic N) is 1. The Morgan fingerprint density at radius 1 is 1.08 bits per heavy atom. The Hall–Kier alpha value is -2.04. The van der Waals surface area contributed by atoms with Crippen LogP contribution in [0.4, 0.5) is 0 Å². The number of amides is 2. The van der Waals surface area contributed by atoms with Crippen LogP contribution < -0.4 is 10.1 Å². The molecule has 1 aromatic rings. The van der Waals surface area contributed by atoms with E-state index < -0.39 is 0 Å². The van der Waals surface area contributed by atoms with Gasteiger partial charge in [0.05, 0.1) is 19.6 Å². The first kappa shape index (κ1) is 18.7. The van der Waals surface area contributed by atoms with Crippen LogP contribution in [0.2, 0.25) is 0 Å². The Kier molecular flexibility index (Phi) is 6.53. The molecular formula is C21H30N2O3. The van der Waals surface area contributed by atoms with Gasteiger partial charge in [-0.2, -0.15) is 0 Å². The van der Waals surface area contributed by atoms with Crippen LogP contribution in [0.1, 0.15) is 56.4 Å². The lowest BCUT2D eigenvalue weighted by Gasteiger charge is -2.28. The van der Waals surface area contributed by atoms with Crippen LogP contribution in [0.15, 0.2) is 24.3 Å². The van der Waals surface area contributed by atoms with E-state index in [1.54, 1.807) is 7.11 Å². The van der Waals surface area contributed by atoms with Gasteiger partial charge < -0.3 is 15.0 Å². The van der Waals surface area contributed by atoms with E-state index in [0.717, 1.165) is 50.1 Å². The lowest BCUT2D eigenvalue weighted by molar-refractivity contribution is -0.134. The molecule has 1 saturated carbocycles. The molecule has 0 aromatic heterocycles. The highest BCUT2D eigenvalue weighted by molar-refractivity contribution is 5.88. The zero-order chi connectivity index (χ0) is 18.4. The smallest absolute Gasteiger partial charge is 0.241 e. The highest BCUT2D eigenvalue weighted by atomic mass is 16.5. The van der Waals surface area contributed by atoms with Crippen molar-refractivity contribution in [3.05, 3.63) is 29.8 Å². The van der Waals surface area contributed by atoms with E-state index in [4.69, 9.17) is 4.74 Å². The van der Waals surface area contributed by atoms with Crippen molar-refractivity contribution in [1.29, 1.82) is 0 Å². The zero-order valence-corrected chi connectivity index (χ0v) is 15.7. The molecule has 0 spiro atoms. The summed E-state index contributed by atoms with van der Waals surface area (Å²) in [6, 6.07) is 7.77. The van der Waals surface area contributed by atoms with Crippen molar-refractivity contribution in [3.8, 4) is 5.75 Å². The molecule has 1 aliphatic heterocycles. The van der Waals surface area contributed by atoms with Crippen molar-refractivity contribution in [2.45, 2.75) is 50.9 Å². The van der Waals surface area contributed by atoms with E-state index in [2.05, 4.69) is 5.32 Å². The molecule has 26 heavy (non-hydrogen) atoms. The van der Waals surface area contributed by atoms with Crippen LogP contribution >= 0.6 is 0 Å². The largest absolute Gasteiger partial charge is 0.497 e. The fraction of sp³-hybridized carbons (Fsp3) is 0.619. The van der Waals surface area contributed by atoms with Gasteiger partial charge in [-0.25, -0.2) is 0 Å². The normalized spacial score (nSPS) is 19.2. The van der Waals surface area contributed by atoms with Gasteiger partial charge in [0.1, 0.15) is 5.75 Å². The molecule has 2 fully saturated rings. The van der Waals surface area contributed by atoms with E-state index in [1.807, 2.05) is 29.2 Å². The van der Waals surface area contributed by atoms with Crippen LogP contribution in [0, 0.1) is 5.92 Å². The molecule has 1 saturated heterocycles. The van der Waals surface area contributed by atoms with Gasteiger partial charge in [-0.3, -0.25) is 9.59 Å². The standard InChI is InChI=1S/C21H30N2O3/c1-26-18-11-9-17(10-12-18)20(16-7-3-4-8-16)21(25)22-15-19(24)23-13-5-2-6-14-23/h9-12,16,20H,2-8,13-15H2,1H3,(H,22,25). The summed E-state index contributed by atoms with van der Waals surface area (Å²) >= 11 is 0. The van der Waals surface area contributed by atoms with E-state index in [0.29, 0.717) is 5.92 Å². The highest BCUT2D eigenvalue weighted by Gasteiger charge is 2.32. The van der Waals surface area contributed by atoms with Crippen LogP contribution in [0.3, 0.4) is 0 Å². The number of carbonyl (C=O) groups excluding carboxylic acids is 2. The average Bonchev–Trinajstić information content (AvgIpc) is 3.21. The Morgan fingerprint density at radius 2 is 1.73 bits per heavy atom. The molecule has 2 aliphatic rings. The second-order valence-corrected chi connectivity index (χ2v) is 7.45. The number of nitrogens with one attached hydrogen (secondary N) is 1. The molecule has 0 bridgehead atoms. The minimum atomic E-state index is -0.183. The van der Waals surface area contributed by atoms with Crippen molar-refractivity contribution in [2.24, 2.45) is 5.92 Å². The lowest BCUT2D eigenvalue weighted by atomic mass is 9.84. The summed E-state index contributed by atoms with van der Waals surface area (Å²) in [6.07, 6.45) is 7.83. The fourth-order valence-corrected chi connectivity index (χ4v) is 4.27. The fourth-order valence-electron chi connectivity index (χ4n) is 4.27. The zero-order valence-electron chi connectivity index (χ0n) is 15.7. The first-order chi connectivity index (χ1) is 12.7. The summed E-state index contributed by atoms with van der Waals surface area (Å²) in [4.78, 5) is 27.2. The van der Waals surface area contributed by atoms with Gasteiger partial charge >= 0.3 is 0 Å². The molecule has 2 amide bonds. The molecule has 0 radical (unpaired) electrons. The van der Waals surface area contributed by atoms with E-state index >= 15 is 0 Å². The first-order valence-corrected chi connectivity index (χ1v) is 9.88. The second kappa shape index (κ2) is 9.06. The van der Waals surface area contributed by atoms with E-state index in [-0.39, 0.29) is 24.3 Å². The SMILES string of the molecule is COc1ccc(C(C(=O)NCC(=O)N2CCCCC2)C2CCCC2)cc1. The Labute approximate surface area is 156 Å². The van der Waals surface area contributed by atoms with Crippen molar-refractivity contribution >= 4 is 11.8 Å². The summed E-state index contributed by atoms with van der Waals surface area (Å²) in [7, 11) is 1.64. The van der Waals surface area contributed by atoms with Gasteiger partial charge in [0, 0.05) is 13.1 Å². The van der Waals surface area contributed by atoms with Gasteiger partial charge in [0.15, 0.2) is 0 Å². The molecule has 5 heteroatoms. The summed E-state index contributed by atoms with van der Waals surface area (Å²) in [6.45, 7) is 1.75. The summed E-state index contributed by atoms with van der Waals surface area (Å²) in [5.41, 5.74) is 1.01. The number of likely N-dealkylation sites (tertiary alicyclic amines) is 1. The number of benzene rings is 1. The summed E-state index contributed by atoms with van der Waals surface area (Å²) < 4.78 is 5.23. The van der Waals surface area contributed by atoms with Gasteiger partial charge in [-0.15, -0.1) is 0 Å². The molecule has 1 heterocycles. The predicted octanol–water partition coefficient (Wildman–Crippen LogP) is 3.10. The molecule has 1 aliphatic carbocycles. The van der Waals surface area contributed by atoms with Crippen LogP contribution in [-0.2, 0) is 9.59 Å². The molecule has 1 unspecified atom stereocenters. The number of rotatable bonds is 6. The van der Waals surface area contributed by atoms with Crippen molar-refractivity contribution in [1.82, 2.24) is 10.2 Å². The molecule has 5 nitrogen and oxygen atoms in total. The van der Waals surface area contributed by atoms with Crippen LogP contribution in [0.25, 0.3) is 0 Å². The summed E-state index contributed by atoms with van der Waals surface area (Å²) in [5, 5.41) is 2.92. The minimum absolute atomic E-state index is 0.0209. The molecule has 3 rings (SSSR count). The maximum absolute atomic E-state index is 13.0. The monoisotopic (exact) mass is 358 g/mol. The molecule has 1 N–H and O–H groups in total. The quantitative estimate of drug-likeness (QED) is 0.850. The average molecular weight is 358 g/mol. The van der Waals surface area contributed by atoms with Crippen molar-refractivity contribution in [2.75, 3.05) is 26.7 Å². The van der Waals surface area contributed by atoms with Gasteiger partial charge in [-0.1, -0.05) is 25.0 Å². The predicted molar refractivity (Wildman–Crippen MR) is 101 cm³/mol. The van der Waals surface area contributed by atoms with Gasteiger partial charge in [0.25, 0.3) is 0 Å². The molecular weight excluding hydrogens is 328 g/mol. The summed E-state index contributed by atoms with van der Waals surface area (Å²) in [5.74, 6) is 0.982. The topological polar surface area (TPSA) is 58.6 Å². The number of hydrogen-bond donors (Lipinski definition) is 1. The Bertz CT molecular complexity index is 602. The highest BCUT2D eigenvalue weighted by Crippen LogP contribution is 2.38. The Morgan fingerprint density at radius 3 is 2.35 bits per heavy atom. The van der Waals surface area contributed by atoms with Crippen LogP contribution in [0.5, 0.6) is 5.75 Å². The molecule has 1 atom stereocenters. The van der Waals surface area contributed by atoms with Crippen molar-refractivity contribution < 1.29 is 14.3 Å². The molecule has 142 valence electrons. The lowest BCUT2D eigenvalue weighted by Crippen LogP contribution is -2.44. The molecule has 1 aromatic carbocycles. The van der Waals surface area contributed by atoms with E-state index in [9.17, 15) is 9.59 Å². The maximum Gasteiger partial charge on any atom is 0.241 e.